The van der Waals surface area contributed by atoms with Gasteiger partial charge in [-0.05, 0) is 30.3 Å². The number of nitrogens with one attached hydrogen (secondary N) is 1. The molecule has 1 N–H and O–H groups in total. The summed E-state index contributed by atoms with van der Waals surface area (Å²) in [4.78, 5) is 19.8. The summed E-state index contributed by atoms with van der Waals surface area (Å²) < 4.78 is 5.50. The number of amides is 1. The molecule has 0 radical (unpaired) electrons. The lowest BCUT2D eigenvalue weighted by molar-refractivity contribution is -0.110. The van der Waals surface area contributed by atoms with E-state index in [0.717, 1.165) is 46.6 Å². The third kappa shape index (κ3) is 3.03. The van der Waals surface area contributed by atoms with Crippen molar-refractivity contribution in [2.75, 3.05) is 36.5 Å². The standard InChI is InChI=1S/C22H18ClN3O2/c23-16-5-6-17-18(22(27)25-20(17)13-16)12-15-11-14-3-1-2-4-19(14)24-21(15)26-7-9-28-10-8-26/h1-6,11-13H,7-10H2,(H,25,27)/b18-12-. The van der Waals surface area contributed by atoms with Crippen LogP contribution in [0.15, 0.2) is 48.5 Å². The van der Waals surface area contributed by atoms with E-state index in [2.05, 4.69) is 16.3 Å². The highest BCUT2D eigenvalue weighted by Crippen LogP contribution is 2.36. The molecule has 1 fully saturated rings. The first-order valence-corrected chi connectivity index (χ1v) is 9.62. The first kappa shape index (κ1) is 17.2. The number of fused-ring (bicyclic) bond motifs is 2. The van der Waals surface area contributed by atoms with E-state index in [4.69, 9.17) is 21.3 Å². The van der Waals surface area contributed by atoms with E-state index < -0.39 is 0 Å². The van der Waals surface area contributed by atoms with Crippen LogP contribution in [-0.2, 0) is 9.53 Å². The number of para-hydroxylation sites is 1. The van der Waals surface area contributed by atoms with E-state index in [1.54, 1.807) is 12.1 Å². The van der Waals surface area contributed by atoms with Crippen LogP contribution >= 0.6 is 11.6 Å². The molecule has 5 nitrogen and oxygen atoms in total. The molecular weight excluding hydrogens is 374 g/mol. The van der Waals surface area contributed by atoms with Crippen molar-refractivity contribution in [2.24, 2.45) is 0 Å². The van der Waals surface area contributed by atoms with Crippen LogP contribution in [0.5, 0.6) is 0 Å². The summed E-state index contributed by atoms with van der Waals surface area (Å²) in [7, 11) is 0. The smallest absolute Gasteiger partial charge is 0.256 e. The Morgan fingerprint density at radius 1 is 1.11 bits per heavy atom. The molecule has 6 heteroatoms. The second kappa shape index (κ2) is 6.93. The lowest BCUT2D eigenvalue weighted by Crippen LogP contribution is -2.37. The van der Waals surface area contributed by atoms with Crippen LogP contribution in [0.1, 0.15) is 11.1 Å². The SMILES string of the molecule is O=C1Nc2cc(Cl)ccc2/C1=C/c1cc2ccccc2nc1N1CCOCC1. The molecule has 0 saturated carbocycles. The number of halogens is 1. The highest BCUT2D eigenvalue weighted by molar-refractivity contribution is 6.36. The van der Waals surface area contributed by atoms with Gasteiger partial charge in [-0.25, -0.2) is 4.98 Å². The molecule has 28 heavy (non-hydrogen) atoms. The van der Waals surface area contributed by atoms with Gasteiger partial charge in [-0.15, -0.1) is 0 Å². The predicted octanol–water partition coefficient (Wildman–Crippen LogP) is 4.22. The van der Waals surface area contributed by atoms with Crippen molar-refractivity contribution >= 4 is 51.6 Å². The van der Waals surface area contributed by atoms with Crippen LogP contribution in [0.25, 0.3) is 22.6 Å². The molecule has 2 aromatic carbocycles. The van der Waals surface area contributed by atoms with Gasteiger partial charge in [-0.3, -0.25) is 4.79 Å². The number of hydrogen-bond acceptors (Lipinski definition) is 4. The number of anilines is 2. The van der Waals surface area contributed by atoms with Crippen LogP contribution in [0.3, 0.4) is 0 Å². The summed E-state index contributed by atoms with van der Waals surface area (Å²) in [6.07, 6.45) is 1.93. The molecule has 0 bridgehead atoms. The quantitative estimate of drug-likeness (QED) is 0.664. The van der Waals surface area contributed by atoms with Crippen LogP contribution in [0, 0.1) is 0 Å². The van der Waals surface area contributed by atoms with Gasteiger partial charge in [0.25, 0.3) is 5.91 Å². The zero-order valence-corrected chi connectivity index (χ0v) is 15.9. The minimum atomic E-state index is -0.127. The Labute approximate surface area is 167 Å². The number of ether oxygens (including phenoxy) is 1. The Morgan fingerprint density at radius 2 is 1.93 bits per heavy atom. The van der Waals surface area contributed by atoms with Gasteiger partial charge in [0, 0.05) is 40.2 Å². The fraction of sp³-hybridized carbons (Fsp3) is 0.182. The van der Waals surface area contributed by atoms with Crippen molar-refractivity contribution in [3.8, 4) is 0 Å². The molecule has 0 atom stereocenters. The average Bonchev–Trinajstić information content (AvgIpc) is 3.02. The minimum Gasteiger partial charge on any atom is -0.378 e. The van der Waals surface area contributed by atoms with Gasteiger partial charge in [0.2, 0.25) is 0 Å². The fourth-order valence-corrected chi connectivity index (χ4v) is 3.89. The summed E-state index contributed by atoms with van der Waals surface area (Å²) in [5.74, 6) is 0.753. The third-order valence-corrected chi connectivity index (χ3v) is 5.34. The molecular formula is C22H18ClN3O2. The van der Waals surface area contributed by atoms with Crippen molar-refractivity contribution in [3.63, 3.8) is 0 Å². The Balaban J connectivity index is 1.67. The highest BCUT2D eigenvalue weighted by atomic mass is 35.5. The van der Waals surface area contributed by atoms with Crippen LogP contribution in [-0.4, -0.2) is 37.2 Å². The van der Waals surface area contributed by atoms with Crippen molar-refractivity contribution < 1.29 is 9.53 Å². The first-order valence-electron chi connectivity index (χ1n) is 9.24. The lowest BCUT2D eigenvalue weighted by Gasteiger charge is -2.29. The van der Waals surface area contributed by atoms with Crippen molar-refractivity contribution in [1.29, 1.82) is 0 Å². The number of carbonyl (C=O) groups is 1. The van der Waals surface area contributed by atoms with Crippen molar-refractivity contribution in [2.45, 2.75) is 0 Å². The second-order valence-corrected chi connectivity index (χ2v) is 7.33. The summed E-state index contributed by atoms with van der Waals surface area (Å²) in [6.45, 7) is 2.90. The second-order valence-electron chi connectivity index (χ2n) is 6.90. The zero-order valence-electron chi connectivity index (χ0n) is 15.1. The molecule has 3 aromatic rings. The summed E-state index contributed by atoms with van der Waals surface area (Å²) in [6, 6.07) is 15.6. The van der Waals surface area contributed by atoms with Crippen LogP contribution in [0.4, 0.5) is 11.5 Å². The number of benzene rings is 2. The van der Waals surface area contributed by atoms with Crippen LogP contribution in [0.2, 0.25) is 5.02 Å². The van der Waals surface area contributed by atoms with Gasteiger partial charge in [-0.1, -0.05) is 35.9 Å². The third-order valence-electron chi connectivity index (χ3n) is 5.11. The molecule has 0 spiro atoms. The van der Waals surface area contributed by atoms with Gasteiger partial charge in [0.1, 0.15) is 5.82 Å². The minimum absolute atomic E-state index is 0.127. The molecule has 1 saturated heterocycles. The molecule has 3 heterocycles. The maximum Gasteiger partial charge on any atom is 0.256 e. The molecule has 5 rings (SSSR count). The topological polar surface area (TPSA) is 54.5 Å². The van der Waals surface area contributed by atoms with E-state index in [0.29, 0.717) is 23.8 Å². The summed E-state index contributed by atoms with van der Waals surface area (Å²) in [5, 5.41) is 4.54. The summed E-state index contributed by atoms with van der Waals surface area (Å²) in [5.41, 5.74) is 4.09. The molecule has 1 amide bonds. The summed E-state index contributed by atoms with van der Waals surface area (Å²) >= 11 is 6.07. The Morgan fingerprint density at radius 3 is 2.79 bits per heavy atom. The van der Waals surface area contributed by atoms with E-state index in [9.17, 15) is 4.79 Å². The number of morpholine rings is 1. The molecule has 1 aromatic heterocycles. The van der Waals surface area contributed by atoms with Gasteiger partial charge >= 0.3 is 0 Å². The van der Waals surface area contributed by atoms with Crippen LogP contribution < -0.4 is 10.2 Å². The average molecular weight is 392 g/mol. The predicted molar refractivity (Wildman–Crippen MR) is 113 cm³/mol. The molecule has 140 valence electrons. The Kier molecular flexibility index (Phi) is 4.26. The lowest BCUT2D eigenvalue weighted by atomic mass is 10.0. The maximum atomic E-state index is 12.6. The van der Waals surface area contributed by atoms with E-state index >= 15 is 0 Å². The molecule has 2 aliphatic heterocycles. The number of rotatable bonds is 2. The van der Waals surface area contributed by atoms with E-state index in [1.165, 1.54) is 0 Å². The number of pyridine rings is 1. The van der Waals surface area contributed by atoms with Gasteiger partial charge in [-0.2, -0.15) is 0 Å². The largest absolute Gasteiger partial charge is 0.378 e. The molecule has 2 aliphatic rings. The Hall–Kier alpha value is -2.89. The number of nitrogens with zero attached hydrogens (tertiary/aromatic N) is 2. The van der Waals surface area contributed by atoms with Crippen molar-refractivity contribution in [3.05, 3.63) is 64.7 Å². The van der Waals surface area contributed by atoms with Gasteiger partial charge in [0.05, 0.1) is 24.4 Å². The van der Waals surface area contributed by atoms with Gasteiger partial charge < -0.3 is 15.0 Å². The first-order chi connectivity index (χ1) is 13.7. The van der Waals surface area contributed by atoms with E-state index in [1.807, 2.05) is 36.4 Å². The number of carbonyl (C=O) groups excluding carboxylic acids is 1. The number of hydrogen-bond donors (Lipinski definition) is 1. The fourth-order valence-electron chi connectivity index (χ4n) is 3.72. The number of aromatic nitrogens is 1. The monoisotopic (exact) mass is 391 g/mol. The highest BCUT2D eigenvalue weighted by Gasteiger charge is 2.25. The molecule has 0 unspecified atom stereocenters. The zero-order chi connectivity index (χ0) is 19.1. The molecule has 0 aliphatic carbocycles. The van der Waals surface area contributed by atoms with E-state index in [-0.39, 0.29) is 5.91 Å². The maximum absolute atomic E-state index is 12.6. The van der Waals surface area contributed by atoms with Gasteiger partial charge in [0.15, 0.2) is 0 Å². The Bertz CT molecular complexity index is 1120. The normalized spacial score (nSPS) is 17.8. The van der Waals surface area contributed by atoms with Crippen molar-refractivity contribution in [1.82, 2.24) is 4.98 Å².